The van der Waals surface area contributed by atoms with Crippen molar-refractivity contribution in [3.8, 4) is 17.2 Å². The van der Waals surface area contributed by atoms with Crippen LogP contribution in [0.25, 0.3) is 0 Å². The Hall–Kier alpha value is -2.90. The topological polar surface area (TPSA) is 56.8 Å². The fourth-order valence-electron chi connectivity index (χ4n) is 2.18. The first kappa shape index (κ1) is 19.4. The van der Waals surface area contributed by atoms with E-state index < -0.39 is 17.6 Å². The molecule has 0 saturated heterocycles. The zero-order chi connectivity index (χ0) is 19.2. The maximum Gasteiger partial charge on any atom is 0.416 e. The molecule has 140 valence electrons. The predicted molar refractivity (Wildman–Crippen MR) is 88.8 cm³/mol. The Bertz CT molecular complexity index is 762. The van der Waals surface area contributed by atoms with Gasteiger partial charge in [-0.3, -0.25) is 4.79 Å². The molecule has 0 aliphatic carbocycles. The van der Waals surface area contributed by atoms with Crippen molar-refractivity contribution in [2.24, 2.45) is 0 Å². The third kappa shape index (κ3) is 5.05. The van der Waals surface area contributed by atoms with Gasteiger partial charge in [0.15, 0.2) is 0 Å². The Morgan fingerprint density at radius 3 is 2.46 bits per heavy atom. The van der Waals surface area contributed by atoms with Crippen LogP contribution in [0.1, 0.15) is 15.9 Å². The highest BCUT2D eigenvalue weighted by atomic mass is 19.4. The number of alkyl halides is 3. The molecular formula is C18H18F3NO4. The minimum absolute atomic E-state index is 0.0194. The van der Waals surface area contributed by atoms with Crippen LogP contribution in [-0.2, 0) is 6.18 Å². The van der Waals surface area contributed by atoms with Crippen molar-refractivity contribution in [1.82, 2.24) is 5.32 Å². The number of hydrogen-bond acceptors (Lipinski definition) is 4. The molecule has 2 aromatic carbocycles. The lowest BCUT2D eigenvalue weighted by Gasteiger charge is -2.12. The van der Waals surface area contributed by atoms with E-state index in [4.69, 9.17) is 14.2 Å². The first-order chi connectivity index (χ1) is 12.3. The first-order valence-corrected chi connectivity index (χ1v) is 7.65. The van der Waals surface area contributed by atoms with Gasteiger partial charge in [0.25, 0.3) is 5.91 Å². The number of amides is 1. The van der Waals surface area contributed by atoms with E-state index in [1.807, 2.05) is 0 Å². The number of rotatable bonds is 7. The Labute approximate surface area is 148 Å². The first-order valence-electron chi connectivity index (χ1n) is 7.65. The lowest BCUT2D eigenvalue weighted by Crippen LogP contribution is -2.28. The van der Waals surface area contributed by atoms with Crippen LogP contribution in [0.4, 0.5) is 13.2 Å². The van der Waals surface area contributed by atoms with Gasteiger partial charge in [0.2, 0.25) is 0 Å². The summed E-state index contributed by atoms with van der Waals surface area (Å²) < 4.78 is 53.4. The number of carbonyl (C=O) groups excluding carboxylic acids is 1. The van der Waals surface area contributed by atoms with Gasteiger partial charge in [-0.05, 0) is 30.3 Å². The Balaban J connectivity index is 1.89. The molecule has 0 heterocycles. The van der Waals surface area contributed by atoms with E-state index in [2.05, 4.69) is 5.32 Å². The summed E-state index contributed by atoms with van der Waals surface area (Å²) in [6.45, 7) is 0.135. The molecule has 2 rings (SSSR count). The Morgan fingerprint density at radius 1 is 1.04 bits per heavy atom. The smallest absolute Gasteiger partial charge is 0.416 e. The van der Waals surface area contributed by atoms with E-state index in [0.717, 1.165) is 12.1 Å². The molecule has 2 aromatic rings. The van der Waals surface area contributed by atoms with Crippen LogP contribution >= 0.6 is 0 Å². The number of hydrogen-bond donors (Lipinski definition) is 1. The van der Waals surface area contributed by atoms with Gasteiger partial charge in [0.05, 0.1) is 31.9 Å². The standard InChI is InChI=1S/C18H18F3NO4/c1-24-13-6-7-15(16(11-13)25-2)17(23)22-8-9-26-14-5-3-4-12(10-14)18(19,20)21/h3-7,10-11H,8-9H2,1-2H3,(H,22,23). The molecule has 0 radical (unpaired) electrons. The average Bonchev–Trinajstić information content (AvgIpc) is 2.64. The lowest BCUT2D eigenvalue weighted by molar-refractivity contribution is -0.137. The molecule has 0 aliphatic heterocycles. The molecule has 0 unspecified atom stereocenters. The van der Waals surface area contributed by atoms with Crippen LogP contribution in [0.2, 0.25) is 0 Å². The number of carbonyl (C=O) groups is 1. The largest absolute Gasteiger partial charge is 0.497 e. The summed E-state index contributed by atoms with van der Waals surface area (Å²) in [6, 6.07) is 9.31. The van der Waals surface area contributed by atoms with Crippen LogP contribution in [0.3, 0.4) is 0 Å². The van der Waals surface area contributed by atoms with Crippen molar-refractivity contribution in [2.45, 2.75) is 6.18 Å². The molecule has 0 aromatic heterocycles. The average molecular weight is 369 g/mol. The highest BCUT2D eigenvalue weighted by Crippen LogP contribution is 2.31. The second-order valence-electron chi connectivity index (χ2n) is 5.20. The van der Waals surface area contributed by atoms with Gasteiger partial charge in [-0.1, -0.05) is 6.07 Å². The number of halogens is 3. The lowest BCUT2D eigenvalue weighted by atomic mass is 10.1. The maximum atomic E-state index is 12.6. The van der Waals surface area contributed by atoms with Crippen molar-refractivity contribution in [3.63, 3.8) is 0 Å². The zero-order valence-electron chi connectivity index (χ0n) is 14.2. The molecule has 5 nitrogen and oxygen atoms in total. The summed E-state index contributed by atoms with van der Waals surface area (Å²) in [5.41, 5.74) is -0.477. The van der Waals surface area contributed by atoms with Crippen molar-refractivity contribution in [2.75, 3.05) is 27.4 Å². The fraction of sp³-hybridized carbons (Fsp3) is 0.278. The normalized spacial score (nSPS) is 11.0. The molecule has 0 aliphatic rings. The second kappa shape index (κ2) is 8.46. The summed E-state index contributed by atoms with van der Waals surface area (Å²) in [7, 11) is 2.93. The third-order valence-corrected chi connectivity index (χ3v) is 3.47. The summed E-state index contributed by atoms with van der Waals surface area (Å²) in [4.78, 5) is 12.2. The van der Waals surface area contributed by atoms with Gasteiger partial charge in [-0.25, -0.2) is 0 Å². The minimum atomic E-state index is -4.43. The second-order valence-corrected chi connectivity index (χ2v) is 5.20. The highest BCUT2D eigenvalue weighted by Gasteiger charge is 2.30. The van der Waals surface area contributed by atoms with Gasteiger partial charge in [0.1, 0.15) is 23.9 Å². The number of benzene rings is 2. The number of nitrogens with one attached hydrogen (secondary N) is 1. The molecule has 26 heavy (non-hydrogen) atoms. The van der Waals surface area contributed by atoms with E-state index in [0.29, 0.717) is 17.1 Å². The molecule has 0 fully saturated rings. The Morgan fingerprint density at radius 2 is 1.81 bits per heavy atom. The van der Waals surface area contributed by atoms with Gasteiger partial charge in [-0.15, -0.1) is 0 Å². The van der Waals surface area contributed by atoms with E-state index in [-0.39, 0.29) is 18.9 Å². The van der Waals surface area contributed by atoms with Crippen molar-refractivity contribution in [1.29, 1.82) is 0 Å². The Kier molecular flexibility index (Phi) is 6.32. The molecule has 8 heteroatoms. The van der Waals surface area contributed by atoms with E-state index in [1.165, 1.54) is 26.4 Å². The fourth-order valence-corrected chi connectivity index (χ4v) is 2.18. The van der Waals surface area contributed by atoms with Crippen LogP contribution in [0.15, 0.2) is 42.5 Å². The van der Waals surface area contributed by atoms with Crippen molar-refractivity contribution in [3.05, 3.63) is 53.6 Å². The van der Waals surface area contributed by atoms with Crippen LogP contribution in [0.5, 0.6) is 17.2 Å². The third-order valence-electron chi connectivity index (χ3n) is 3.47. The maximum absolute atomic E-state index is 12.6. The van der Waals surface area contributed by atoms with Crippen LogP contribution < -0.4 is 19.5 Å². The molecule has 1 amide bonds. The zero-order valence-corrected chi connectivity index (χ0v) is 14.2. The van der Waals surface area contributed by atoms with Crippen molar-refractivity contribution < 1.29 is 32.2 Å². The highest BCUT2D eigenvalue weighted by molar-refractivity contribution is 5.97. The van der Waals surface area contributed by atoms with Gasteiger partial charge in [0, 0.05) is 6.07 Å². The van der Waals surface area contributed by atoms with E-state index in [9.17, 15) is 18.0 Å². The molecule has 0 bridgehead atoms. The molecule has 0 atom stereocenters. The summed E-state index contributed by atoms with van der Waals surface area (Å²) in [6.07, 6.45) is -4.43. The van der Waals surface area contributed by atoms with Gasteiger partial charge < -0.3 is 19.5 Å². The monoisotopic (exact) mass is 369 g/mol. The number of methoxy groups -OCH3 is 2. The quantitative estimate of drug-likeness (QED) is 0.759. The molecule has 0 saturated carbocycles. The van der Waals surface area contributed by atoms with Gasteiger partial charge >= 0.3 is 6.18 Å². The minimum Gasteiger partial charge on any atom is -0.497 e. The van der Waals surface area contributed by atoms with Crippen LogP contribution in [0, 0.1) is 0 Å². The summed E-state index contributed by atoms with van der Waals surface area (Å²) in [5, 5.41) is 2.62. The predicted octanol–water partition coefficient (Wildman–Crippen LogP) is 3.53. The van der Waals surface area contributed by atoms with Crippen molar-refractivity contribution >= 4 is 5.91 Å². The van der Waals surface area contributed by atoms with Gasteiger partial charge in [-0.2, -0.15) is 13.2 Å². The number of ether oxygens (including phenoxy) is 3. The molecular weight excluding hydrogens is 351 g/mol. The molecule has 1 N–H and O–H groups in total. The molecule has 0 spiro atoms. The van der Waals surface area contributed by atoms with E-state index in [1.54, 1.807) is 18.2 Å². The summed E-state index contributed by atoms with van der Waals surface area (Å²) in [5.74, 6) is 0.583. The summed E-state index contributed by atoms with van der Waals surface area (Å²) >= 11 is 0. The van der Waals surface area contributed by atoms with E-state index >= 15 is 0 Å². The van der Waals surface area contributed by atoms with Crippen LogP contribution in [-0.4, -0.2) is 33.3 Å². The SMILES string of the molecule is COc1ccc(C(=O)NCCOc2cccc(C(F)(F)F)c2)c(OC)c1.